The lowest BCUT2D eigenvalue weighted by molar-refractivity contribution is -0.131. The molecule has 1 aliphatic heterocycles. The first kappa shape index (κ1) is 21.7. The third kappa shape index (κ3) is 4.14. The van der Waals surface area contributed by atoms with Crippen LogP contribution in [0.2, 0.25) is 0 Å². The fraction of sp³-hybridized carbons (Fsp3) is 0.250. The van der Waals surface area contributed by atoms with Gasteiger partial charge in [-0.05, 0) is 36.4 Å². The lowest BCUT2D eigenvalue weighted by Gasteiger charge is -2.36. The summed E-state index contributed by atoms with van der Waals surface area (Å²) < 4.78 is 30.1. The number of amides is 1. The van der Waals surface area contributed by atoms with Crippen LogP contribution in [0.3, 0.4) is 0 Å². The summed E-state index contributed by atoms with van der Waals surface area (Å²) in [7, 11) is 0. The summed E-state index contributed by atoms with van der Waals surface area (Å²) >= 11 is 0. The number of anilines is 1. The summed E-state index contributed by atoms with van der Waals surface area (Å²) in [4.78, 5) is 33.6. The molecule has 2 aromatic carbocycles. The van der Waals surface area contributed by atoms with Crippen LogP contribution in [-0.2, 0) is 11.3 Å². The molecule has 1 saturated heterocycles. The third-order valence-electron chi connectivity index (χ3n) is 6.02. The number of para-hydroxylation sites is 1. The van der Waals surface area contributed by atoms with Gasteiger partial charge in [0.25, 0.3) is 5.56 Å². The number of hydrogen-bond acceptors (Lipinski definition) is 5. The van der Waals surface area contributed by atoms with Crippen LogP contribution in [0.15, 0.2) is 65.8 Å². The van der Waals surface area contributed by atoms with Crippen molar-refractivity contribution in [3.05, 3.63) is 83.0 Å². The second-order valence-electron chi connectivity index (χ2n) is 8.08. The quantitative estimate of drug-likeness (QED) is 0.454. The van der Waals surface area contributed by atoms with Crippen LogP contribution in [0.25, 0.3) is 16.7 Å². The molecule has 3 heterocycles. The highest BCUT2D eigenvalue weighted by molar-refractivity contribution is 5.77. The van der Waals surface area contributed by atoms with E-state index >= 15 is 0 Å². The second-order valence-corrected chi connectivity index (χ2v) is 8.08. The van der Waals surface area contributed by atoms with E-state index in [0.717, 1.165) is 0 Å². The normalized spacial score (nSPS) is 14.1. The predicted octanol–water partition coefficient (Wildman–Crippen LogP) is 2.60. The zero-order valence-electron chi connectivity index (χ0n) is 18.3. The van der Waals surface area contributed by atoms with E-state index in [0.29, 0.717) is 48.6 Å². The Morgan fingerprint density at radius 1 is 0.971 bits per heavy atom. The molecule has 0 aliphatic carbocycles. The minimum absolute atomic E-state index is 0.0674. The molecular formula is C24H22F2N6O2. The first-order chi connectivity index (χ1) is 16.5. The number of carbonyl (C=O) groups excluding carboxylic acids is 1. The van der Waals surface area contributed by atoms with Crippen LogP contribution in [0.4, 0.5) is 14.5 Å². The summed E-state index contributed by atoms with van der Waals surface area (Å²) in [6.07, 6.45) is 2.98. The van der Waals surface area contributed by atoms with E-state index in [1.54, 1.807) is 35.2 Å². The van der Waals surface area contributed by atoms with Gasteiger partial charge in [-0.1, -0.05) is 12.1 Å². The molecule has 1 aliphatic rings. The van der Waals surface area contributed by atoms with Crippen molar-refractivity contribution in [2.75, 3.05) is 31.1 Å². The number of halogens is 2. The van der Waals surface area contributed by atoms with E-state index in [9.17, 15) is 18.4 Å². The van der Waals surface area contributed by atoms with Gasteiger partial charge in [0.2, 0.25) is 5.91 Å². The van der Waals surface area contributed by atoms with Gasteiger partial charge < -0.3 is 9.80 Å². The second kappa shape index (κ2) is 9.05. The number of carbonyl (C=O) groups is 1. The number of aromatic nitrogens is 4. The van der Waals surface area contributed by atoms with E-state index in [-0.39, 0.29) is 36.1 Å². The van der Waals surface area contributed by atoms with Crippen LogP contribution in [0, 0.1) is 11.6 Å². The Kier molecular flexibility index (Phi) is 5.79. The molecule has 0 radical (unpaired) electrons. The molecule has 1 amide bonds. The predicted molar refractivity (Wildman–Crippen MR) is 123 cm³/mol. The van der Waals surface area contributed by atoms with Gasteiger partial charge in [0.05, 0.1) is 23.9 Å². The van der Waals surface area contributed by atoms with E-state index in [2.05, 4.69) is 10.1 Å². The van der Waals surface area contributed by atoms with E-state index in [1.165, 1.54) is 40.0 Å². The number of hydrogen-bond donors (Lipinski definition) is 0. The van der Waals surface area contributed by atoms with Crippen LogP contribution >= 0.6 is 0 Å². The molecule has 34 heavy (non-hydrogen) atoms. The number of rotatable bonds is 5. The lowest BCUT2D eigenvalue weighted by Crippen LogP contribution is -2.49. The Balaban J connectivity index is 1.23. The van der Waals surface area contributed by atoms with Crippen LogP contribution in [0.5, 0.6) is 0 Å². The minimum atomic E-state index is -0.367. The van der Waals surface area contributed by atoms with Crippen molar-refractivity contribution < 1.29 is 13.6 Å². The minimum Gasteiger partial charge on any atom is -0.366 e. The molecule has 174 valence electrons. The van der Waals surface area contributed by atoms with Gasteiger partial charge >= 0.3 is 0 Å². The highest BCUT2D eigenvalue weighted by Gasteiger charge is 2.23. The number of fused-ring (bicyclic) bond motifs is 1. The standard InChI is InChI=1S/C24H22F2N6O2/c25-17-5-7-18(8-6-17)32-23-19(15-28-32)24(34)31(16-27-23)10-9-22(33)30-13-11-29(12-14-30)21-4-2-1-3-20(21)26/h1-8,15-16H,9-14H2. The Labute approximate surface area is 193 Å². The van der Waals surface area contributed by atoms with E-state index in [1.807, 2.05) is 4.90 Å². The molecular weight excluding hydrogens is 442 g/mol. The first-order valence-electron chi connectivity index (χ1n) is 11.0. The fourth-order valence-corrected chi connectivity index (χ4v) is 4.16. The van der Waals surface area contributed by atoms with Crippen LogP contribution in [-0.4, -0.2) is 56.3 Å². The van der Waals surface area contributed by atoms with Crippen molar-refractivity contribution in [2.45, 2.75) is 13.0 Å². The topological polar surface area (TPSA) is 76.3 Å². The maximum absolute atomic E-state index is 14.0. The molecule has 0 N–H and O–H groups in total. The lowest BCUT2D eigenvalue weighted by atomic mass is 10.2. The molecule has 8 nitrogen and oxygen atoms in total. The maximum atomic E-state index is 14.0. The summed E-state index contributed by atoms with van der Waals surface area (Å²) in [6.45, 7) is 2.26. The van der Waals surface area contributed by atoms with Gasteiger partial charge in [-0.25, -0.2) is 18.4 Å². The smallest absolute Gasteiger partial charge is 0.264 e. The largest absolute Gasteiger partial charge is 0.366 e. The van der Waals surface area contributed by atoms with Crippen molar-refractivity contribution in [3.63, 3.8) is 0 Å². The van der Waals surface area contributed by atoms with Crippen molar-refractivity contribution >= 4 is 22.6 Å². The number of aryl methyl sites for hydroxylation is 1. The summed E-state index contributed by atoms with van der Waals surface area (Å²) in [5.74, 6) is -0.705. The Morgan fingerprint density at radius 3 is 2.44 bits per heavy atom. The van der Waals surface area contributed by atoms with E-state index in [4.69, 9.17) is 0 Å². The van der Waals surface area contributed by atoms with Gasteiger partial charge in [-0.3, -0.25) is 14.2 Å². The Morgan fingerprint density at radius 2 is 1.71 bits per heavy atom. The zero-order chi connectivity index (χ0) is 23.7. The van der Waals surface area contributed by atoms with Crippen LogP contribution in [0.1, 0.15) is 6.42 Å². The number of piperazine rings is 1. The molecule has 2 aromatic heterocycles. The third-order valence-corrected chi connectivity index (χ3v) is 6.02. The van der Waals surface area contributed by atoms with Crippen molar-refractivity contribution in [1.29, 1.82) is 0 Å². The van der Waals surface area contributed by atoms with Crippen molar-refractivity contribution in [3.8, 4) is 5.69 Å². The number of nitrogens with zero attached hydrogens (tertiary/aromatic N) is 6. The Hall–Kier alpha value is -4.08. The van der Waals surface area contributed by atoms with Gasteiger partial charge in [-0.2, -0.15) is 5.10 Å². The van der Waals surface area contributed by atoms with Gasteiger partial charge in [0.1, 0.15) is 17.0 Å². The maximum Gasteiger partial charge on any atom is 0.264 e. The summed E-state index contributed by atoms with van der Waals surface area (Å²) in [6, 6.07) is 12.3. The molecule has 5 rings (SSSR count). The molecule has 0 unspecified atom stereocenters. The number of benzene rings is 2. The molecule has 0 atom stereocenters. The average Bonchev–Trinajstić information content (AvgIpc) is 3.29. The average molecular weight is 464 g/mol. The van der Waals surface area contributed by atoms with Gasteiger partial charge in [0.15, 0.2) is 5.65 Å². The Bertz CT molecular complexity index is 1390. The zero-order valence-corrected chi connectivity index (χ0v) is 18.3. The highest BCUT2D eigenvalue weighted by atomic mass is 19.1. The van der Waals surface area contributed by atoms with Gasteiger partial charge in [-0.15, -0.1) is 0 Å². The molecule has 10 heteroatoms. The summed E-state index contributed by atoms with van der Waals surface area (Å²) in [5.41, 5.74) is 1.20. The van der Waals surface area contributed by atoms with Gasteiger partial charge in [0, 0.05) is 39.1 Å². The highest BCUT2D eigenvalue weighted by Crippen LogP contribution is 2.20. The summed E-state index contributed by atoms with van der Waals surface area (Å²) in [5, 5.41) is 4.53. The monoisotopic (exact) mass is 464 g/mol. The molecule has 4 aromatic rings. The van der Waals surface area contributed by atoms with Crippen molar-refractivity contribution in [2.24, 2.45) is 0 Å². The molecule has 1 fully saturated rings. The first-order valence-corrected chi connectivity index (χ1v) is 11.0. The van der Waals surface area contributed by atoms with Crippen molar-refractivity contribution in [1.82, 2.24) is 24.2 Å². The molecule has 0 saturated carbocycles. The van der Waals surface area contributed by atoms with E-state index < -0.39 is 0 Å². The fourth-order valence-electron chi connectivity index (χ4n) is 4.16. The van der Waals surface area contributed by atoms with Crippen LogP contribution < -0.4 is 10.5 Å². The molecule has 0 bridgehead atoms. The SMILES string of the molecule is O=C(CCn1cnc2c(cnn2-c2ccc(F)cc2)c1=O)N1CCN(c2ccccc2F)CC1. The molecule has 0 spiro atoms.